The van der Waals surface area contributed by atoms with Gasteiger partial charge < -0.3 is 15.5 Å². The average molecular weight is 635 g/mol. The van der Waals surface area contributed by atoms with Gasteiger partial charge in [-0.25, -0.2) is 9.07 Å². The highest BCUT2D eigenvalue weighted by molar-refractivity contribution is 9.10. The minimum atomic E-state index is -0.397. The lowest BCUT2D eigenvalue weighted by molar-refractivity contribution is 0.0942. The molecule has 0 bridgehead atoms. The van der Waals surface area contributed by atoms with Crippen LogP contribution in [0.2, 0.25) is 0 Å². The molecule has 1 saturated heterocycles. The molecule has 1 aliphatic rings. The summed E-state index contributed by atoms with van der Waals surface area (Å²) in [7, 11) is 0. The molecule has 0 unspecified atom stereocenters. The van der Waals surface area contributed by atoms with Crippen LogP contribution in [0.1, 0.15) is 59.5 Å². The molecule has 7 nitrogen and oxygen atoms in total. The molecule has 220 valence electrons. The van der Waals surface area contributed by atoms with Crippen molar-refractivity contribution in [2.24, 2.45) is 5.92 Å². The largest absolute Gasteiger partial charge is 0.372 e. The van der Waals surface area contributed by atoms with Crippen LogP contribution in [0.4, 0.5) is 10.2 Å². The number of nitrogens with zero attached hydrogens (tertiary/aromatic N) is 3. The lowest BCUT2D eigenvalue weighted by Gasteiger charge is -2.34. The third-order valence-corrected chi connectivity index (χ3v) is 8.18. The summed E-state index contributed by atoms with van der Waals surface area (Å²) < 4.78 is 15.5. The van der Waals surface area contributed by atoms with Crippen LogP contribution >= 0.6 is 15.9 Å². The van der Waals surface area contributed by atoms with E-state index in [4.69, 9.17) is 0 Å². The van der Waals surface area contributed by atoms with Crippen molar-refractivity contribution >= 4 is 33.6 Å². The molecule has 2 amide bonds. The van der Waals surface area contributed by atoms with Crippen molar-refractivity contribution in [2.45, 2.75) is 39.5 Å². The van der Waals surface area contributed by atoms with E-state index < -0.39 is 5.82 Å². The normalized spacial score (nSPS) is 14.3. The number of piperidine rings is 1. The molecule has 0 radical (unpaired) electrons. The molecule has 2 N–H and O–H groups in total. The fourth-order valence-corrected chi connectivity index (χ4v) is 5.68. The van der Waals surface area contributed by atoms with Gasteiger partial charge in [0.05, 0.1) is 10.2 Å². The summed E-state index contributed by atoms with van der Waals surface area (Å²) in [6.45, 7) is 10.2. The van der Waals surface area contributed by atoms with Gasteiger partial charge in [0, 0.05) is 30.9 Å². The first-order valence-corrected chi connectivity index (χ1v) is 15.1. The van der Waals surface area contributed by atoms with Crippen LogP contribution < -0.4 is 10.6 Å². The smallest absolute Gasteiger partial charge is 0.273 e. The highest BCUT2D eigenvalue weighted by Gasteiger charge is 2.25. The first-order chi connectivity index (χ1) is 20.4. The zero-order valence-electron chi connectivity index (χ0n) is 24.1. The van der Waals surface area contributed by atoms with Gasteiger partial charge in [0.25, 0.3) is 11.8 Å². The highest BCUT2D eigenvalue weighted by Crippen LogP contribution is 2.31. The number of halogens is 2. The Morgan fingerprint density at radius 2 is 1.83 bits per heavy atom. The van der Waals surface area contributed by atoms with Crippen LogP contribution in [0, 0.1) is 11.7 Å². The molecule has 3 aromatic rings. The predicted octanol–water partition coefficient (Wildman–Crippen LogP) is 7.07. The number of carbonyl (C=O) groups is 2. The van der Waals surface area contributed by atoms with Gasteiger partial charge in [0.1, 0.15) is 5.82 Å². The number of carbonyl (C=O) groups excluding carboxylic acids is 2. The first-order valence-electron chi connectivity index (χ1n) is 14.3. The fraction of sp³-hybridized carbons (Fsp3) is 0.303. The zero-order chi connectivity index (χ0) is 30.1. The Hall–Kier alpha value is -3.98. The summed E-state index contributed by atoms with van der Waals surface area (Å²) in [4.78, 5) is 28.9. The number of anilines is 1. The third kappa shape index (κ3) is 7.45. The number of amides is 2. The molecule has 42 heavy (non-hydrogen) atoms. The van der Waals surface area contributed by atoms with Gasteiger partial charge in [-0.15, -0.1) is 0 Å². The molecule has 1 fully saturated rings. The van der Waals surface area contributed by atoms with Crippen molar-refractivity contribution in [1.29, 1.82) is 0 Å². The van der Waals surface area contributed by atoms with Crippen LogP contribution in [0.3, 0.4) is 0 Å². The van der Waals surface area contributed by atoms with Gasteiger partial charge in [-0.05, 0) is 103 Å². The second-order valence-corrected chi connectivity index (χ2v) is 11.0. The van der Waals surface area contributed by atoms with Crippen molar-refractivity contribution in [3.05, 3.63) is 112 Å². The number of hydrogen-bond donors (Lipinski definition) is 2. The Kier molecular flexibility index (Phi) is 10.9. The summed E-state index contributed by atoms with van der Waals surface area (Å²) in [5.41, 5.74) is 3.25. The van der Waals surface area contributed by atoms with Crippen molar-refractivity contribution in [1.82, 2.24) is 20.0 Å². The topological polar surface area (TPSA) is 79.3 Å². The number of benzene rings is 2. The molecule has 4 rings (SSSR count). The molecule has 1 aromatic heterocycles. The minimum Gasteiger partial charge on any atom is -0.372 e. The molecular weight excluding hydrogens is 597 g/mol. The van der Waals surface area contributed by atoms with Crippen LogP contribution in [0.5, 0.6) is 0 Å². The standard InChI is InChI=1S/C33H37BrFN5O2/c1-4-9-26(10-5-2)39-21-18-23(19-22-39)17-20-36-33(42)30-29(34)31(40(38-30)27-15-13-25(35)14-16-27)37-32(41)28-12-8-7-11-24(28)6-3/h4-5,7-16,23H,1,6,17-22H2,2-3H3,(H,36,42)(H,37,41)/b10-5-,26-9+. The number of allylic oxidation sites excluding steroid dienone is 4. The molecule has 9 heteroatoms. The highest BCUT2D eigenvalue weighted by atomic mass is 79.9. The molecule has 0 saturated carbocycles. The van der Waals surface area contributed by atoms with E-state index in [9.17, 15) is 14.0 Å². The molecule has 0 spiro atoms. The van der Waals surface area contributed by atoms with E-state index in [1.54, 1.807) is 18.2 Å². The number of rotatable bonds is 11. The SMILES string of the molecule is C=C/C=C(\C=C/C)N1CCC(CCNC(=O)c2nn(-c3ccc(F)cc3)c(NC(=O)c3ccccc3CC)c2Br)CC1. The molecule has 0 atom stereocenters. The van der Waals surface area contributed by atoms with Gasteiger partial charge in [-0.3, -0.25) is 9.59 Å². The maximum atomic E-state index is 13.7. The predicted molar refractivity (Wildman–Crippen MR) is 169 cm³/mol. The lowest BCUT2D eigenvalue weighted by atomic mass is 9.93. The van der Waals surface area contributed by atoms with E-state index in [2.05, 4.69) is 49.2 Å². The molecule has 1 aliphatic heterocycles. The molecule has 0 aliphatic carbocycles. The maximum Gasteiger partial charge on any atom is 0.273 e. The van der Waals surface area contributed by atoms with Gasteiger partial charge in [0.15, 0.2) is 11.5 Å². The Labute approximate surface area is 255 Å². The lowest BCUT2D eigenvalue weighted by Crippen LogP contribution is -2.34. The van der Waals surface area contributed by atoms with Gasteiger partial charge in [0.2, 0.25) is 0 Å². The van der Waals surface area contributed by atoms with E-state index >= 15 is 0 Å². The summed E-state index contributed by atoms with van der Waals surface area (Å²) in [6.07, 6.45) is 11.6. The Morgan fingerprint density at radius 1 is 1.12 bits per heavy atom. The average Bonchev–Trinajstić information content (AvgIpc) is 3.33. The summed E-state index contributed by atoms with van der Waals surface area (Å²) in [6, 6.07) is 13.1. The number of hydrogen-bond acceptors (Lipinski definition) is 4. The van der Waals surface area contributed by atoms with Gasteiger partial charge in [-0.1, -0.05) is 43.9 Å². The van der Waals surface area contributed by atoms with Crippen LogP contribution in [0.15, 0.2) is 89.6 Å². The molecular formula is C33H37BrFN5O2. The van der Waals surface area contributed by atoms with Crippen molar-refractivity contribution in [3.63, 3.8) is 0 Å². The van der Waals surface area contributed by atoms with Crippen LogP contribution in [-0.4, -0.2) is 46.1 Å². The van der Waals surface area contributed by atoms with Crippen molar-refractivity contribution in [2.75, 3.05) is 25.0 Å². The first kappa shape index (κ1) is 31.0. The van der Waals surface area contributed by atoms with Gasteiger partial charge in [-0.2, -0.15) is 5.10 Å². The number of aromatic nitrogens is 2. The van der Waals surface area contributed by atoms with Crippen molar-refractivity contribution in [3.8, 4) is 5.69 Å². The Morgan fingerprint density at radius 3 is 2.50 bits per heavy atom. The van der Waals surface area contributed by atoms with Gasteiger partial charge >= 0.3 is 0 Å². The summed E-state index contributed by atoms with van der Waals surface area (Å²) in [5, 5.41) is 10.4. The molecule has 2 heterocycles. The maximum absolute atomic E-state index is 13.7. The number of nitrogens with one attached hydrogen (secondary N) is 2. The van der Waals surface area contributed by atoms with Crippen LogP contribution in [-0.2, 0) is 6.42 Å². The number of aryl methyl sites for hydroxylation is 1. The second kappa shape index (κ2) is 14.8. The summed E-state index contributed by atoms with van der Waals surface area (Å²) >= 11 is 3.51. The zero-order valence-corrected chi connectivity index (χ0v) is 25.7. The molecule has 2 aromatic carbocycles. The van der Waals surface area contributed by atoms with E-state index in [0.29, 0.717) is 40.4 Å². The quantitative estimate of drug-likeness (QED) is 0.221. The Balaban J connectivity index is 1.46. The Bertz CT molecular complexity index is 1470. The number of likely N-dealkylation sites (tertiary alicyclic amines) is 1. The van der Waals surface area contributed by atoms with E-state index in [1.165, 1.54) is 22.5 Å². The van der Waals surface area contributed by atoms with E-state index in [1.807, 2.05) is 50.3 Å². The van der Waals surface area contributed by atoms with E-state index in [0.717, 1.165) is 37.9 Å². The third-order valence-electron chi connectivity index (χ3n) is 7.43. The minimum absolute atomic E-state index is 0.138. The van der Waals surface area contributed by atoms with E-state index in [-0.39, 0.29) is 17.5 Å². The van der Waals surface area contributed by atoms with Crippen molar-refractivity contribution < 1.29 is 14.0 Å². The monoisotopic (exact) mass is 633 g/mol. The second-order valence-electron chi connectivity index (χ2n) is 10.2. The van der Waals surface area contributed by atoms with Crippen LogP contribution in [0.25, 0.3) is 5.69 Å². The fourth-order valence-electron chi connectivity index (χ4n) is 5.16. The summed E-state index contributed by atoms with van der Waals surface area (Å²) in [5.74, 6) is -0.277.